The average molecular weight is 380 g/mol. The van der Waals surface area contributed by atoms with Crippen LogP contribution in [0, 0.1) is 0 Å². The van der Waals surface area contributed by atoms with Crippen LogP contribution in [0.3, 0.4) is 0 Å². The van der Waals surface area contributed by atoms with Crippen molar-refractivity contribution in [2.75, 3.05) is 25.6 Å². The van der Waals surface area contributed by atoms with Crippen LogP contribution in [0.1, 0.15) is 6.23 Å². The van der Waals surface area contributed by atoms with Gasteiger partial charge in [-0.1, -0.05) is 5.11 Å². The molecule has 4 atom stereocenters. The summed E-state index contributed by atoms with van der Waals surface area (Å²) in [7, 11) is 0. The van der Waals surface area contributed by atoms with Gasteiger partial charge in [0.1, 0.15) is 11.9 Å². The SMILES string of the molecule is [N-]=[N+]=N[C@H]1[C@@H](OCCOC(F)(F)F)[C@H](n2ccc(N)nc2=O)O[C@@H]1CO. The largest absolute Gasteiger partial charge is 0.522 e. The summed E-state index contributed by atoms with van der Waals surface area (Å²) in [6, 6.07) is 0.203. The first-order valence-corrected chi connectivity index (χ1v) is 7.24. The van der Waals surface area contributed by atoms with E-state index in [1.807, 2.05) is 0 Å². The van der Waals surface area contributed by atoms with E-state index >= 15 is 0 Å². The highest BCUT2D eigenvalue weighted by Crippen LogP contribution is 2.33. The zero-order chi connectivity index (χ0) is 19.3. The second-order valence-corrected chi connectivity index (χ2v) is 5.12. The zero-order valence-corrected chi connectivity index (χ0v) is 13.1. The van der Waals surface area contributed by atoms with Crippen molar-refractivity contribution in [3.8, 4) is 0 Å². The third kappa shape index (κ3) is 4.83. The number of halogens is 3. The Balaban J connectivity index is 2.22. The number of nitrogens with zero attached hydrogens (tertiary/aromatic N) is 5. The number of aromatic nitrogens is 2. The molecular formula is C12H15F3N6O5. The Kier molecular flexibility index (Phi) is 6.39. The summed E-state index contributed by atoms with van der Waals surface area (Å²) >= 11 is 0. The Bertz CT molecular complexity index is 722. The second kappa shape index (κ2) is 8.33. The number of nitrogens with two attached hydrogens (primary N) is 1. The lowest BCUT2D eigenvalue weighted by Gasteiger charge is -2.22. The molecule has 1 aromatic heterocycles. The van der Waals surface area contributed by atoms with Gasteiger partial charge in [0.25, 0.3) is 0 Å². The summed E-state index contributed by atoms with van der Waals surface area (Å²) in [4.78, 5) is 18.1. The molecule has 2 rings (SSSR count). The molecule has 144 valence electrons. The van der Waals surface area contributed by atoms with Gasteiger partial charge in [-0.05, 0) is 11.6 Å². The summed E-state index contributed by atoms with van der Waals surface area (Å²) in [5.74, 6) is -0.0504. The molecule has 1 aliphatic heterocycles. The fraction of sp³-hybridized carbons (Fsp3) is 0.667. The van der Waals surface area contributed by atoms with E-state index in [9.17, 15) is 23.1 Å². The third-order valence-electron chi connectivity index (χ3n) is 3.46. The van der Waals surface area contributed by atoms with Crippen LogP contribution in [0.25, 0.3) is 10.4 Å². The first-order valence-electron chi connectivity index (χ1n) is 7.24. The normalized spacial score (nSPS) is 25.8. The van der Waals surface area contributed by atoms with E-state index in [1.54, 1.807) is 0 Å². The van der Waals surface area contributed by atoms with Gasteiger partial charge in [0.15, 0.2) is 6.23 Å². The fourth-order valence-corrected chi connectivity index (χ4v) is 2.43. The minimum absolute atomic E-state index is 0.0504. The van der Waals surface area contributed by atoms with Crippen molar-refractivity contribution in [2.45, 2.75) is 30.8 Å². The number of ether oxygens (including phenoxy) is 3. The third-order valence-corrected chi connectivity index (χ3v) is 3.46. The number of aliphatic hydroxyl groups excluding tert-OH is 1. The lowest BCUT2D eigenvalue weighted by molar-refractivity contribution is -0.327. The number of hydrogen-bond donors (Lipinski definition) is 2. The lowest BCUT2D eigenvalue weighted by Crippen LogP contribution is -2.38. The fourth-order valence-electron chi connectivity index (χ4n) is 2.43. The van der Waals surface area contributed by atoms with Gasteiger partial charge in [-0.25, -0.2) is 4.79 Å². The van der Waals surface area contributed by atoms with E-state index in [4.69, 9.17) is 20.7 Å². The molecule has 0 unspecified atom stereocenters. The van der Waals surface area contributed by atoms with Gasteiger partial charge in [0, 0.05) is 11.1 Å². The summed E-state index contributed by atoms with van der Waals surface area (Å²) in [5, 5.41) is 12.8. The van der Waals surface area contributed by atoms with Crippen molar-refractivity contribution in [3.63, 3.8) is 0 Å². The van der Waals surface area contributed by atoms with Crippen LogP contribution in [0.15, 0.2) is 22.2 Å². The van der Waals surface area contributed by atoms with Crippen LogP contribution >= 0.6 is 0 Å². The molecule has 1 aromatic rings. The minimum atomic E-state index is -4.83. The summed E-state index contributed by atoms with van der Waals surface area (Å²) in [6.45, 7) is -1.93. The maximum absolute atomic E-state index is 12.0. The van der Waals surface area contributed by atoms with E-state index in [0.717, 1.165) is 4.57 Å². The molecule has 14 heteroatoms. The predicted octanol–water partition coefficient (Wildman–Crippen LogP) is 0.316. The molecule has 11 nitrogen and oxygen atoms in total. The second-order valence-electron chi connectivity index (χ2n) is 5.12. The van der Waals surface area contributed by atoms with E-state index in [1.165, 1.54) is 12.3 Å². The predicted molar refractivity (Wildman–Crippen MR) is 78.6 cm³/mol. The van der Waals surface area contributed by atoms with E-state index in [0.29, 0.717) is 0 Å². The molecule has 0 radical (unpaired) electrons. The van der Waals surface area contributed by atoms with Gasteiger partial charge in [-0.3, -0.25) is 9.30 Å². The van der Waals surface area contributed by atoms with Crippen LogP contribution in [-0.4, -0.2) is 59.1 Å². The smallest absolute Gasteiger partial charge is 0.394 e. The standard InChI is InChI=1S/C12H15F3N6O5/c13-12(14,15)25-4-3-24-9-8(19-20-17)6(5-22)26-10(9)21-2-1-7(16)18-11(21)23/h1-2,6,8-10,22H,3-5H2,(H2,16,18,23)/t6-,8-,9-,10-/m1/s1. The molecule has 0 amide bonds. The van der Waals surface area contributed by atoms with E-state index in [2.05, 4.69) is 19.7 Å². The molecule has 3 N–H and O–H groups in total. The summed E-state index contributed by atoms with van der Waals surface area (Å²) in [5.41, 5.74) is 13.3. The van der Waals surface area contributed by atoms with Crippen molar-refractivity contribution >= 4 is 5.82 Å². The van der Waals surface area contributed by atoms with Crippen molar-refractivity contribution in [2.24, 2.45) is 5.11 Å². The molecule has 2 heterocycles. The first-order chi connectivity index (χ1) is 12.3. The average Bonchev–Trinajstić information content (AvgIpc) is 2.89. The van der Waals surface area contributed by atoms with Gasteiger partial charge in [0.2, 0.25) is 0 Å². The quantitative estimate of drug-likeness (QED) is 0.298. The zero-order valence-electron chi connectivity index (χ0n) is 13.1. The Morgan fingerprint density at radius 2 is 2.23 bits per heavy atom. The van der Waals surface area contributed by atoms with Crippen molar-refractivity contribution < 1.29 is 32.5 Å². The Labute approximate surface area is 143 Å². The first kappa shape index (κ1) is 19.9. The Morgan fingerprint density at radius 3 is 2.81 bits per heavy atom. The van der Waals surface area contributed by atoms with Crippen molar-refractivity contribution in [1.82, 2.24) is 9.55 Å². The molecule has 0 aliphatic carbocycles. The Morgan fingerprint density at radius 1 is 1.50 bits per heavy atom. The van der Waals surface area contributed by atoms with Gasteiger partial charge < -0.3 is 20.3 Å². The van der Waals surface area contributed by atoms with Crippen LogP contribution < -0.4 is 11.4 Å². The van der Waals surface area contributed by atoms with Gasteiger partial charge in [-0.2, -0.15) is 4.98 Å². The minimum Gasteiger partial charge on any atom is -0.394 e. The summed E-state index contributed by atoms with van der Waals surface area (Å²) in [6.07, 6.45) is -6.99. The molecular weight excluding hydrogens is 365 g/mol. The molecule has 1 aliphatic rings. The molecule has 0 saturated carbocycles. The number of hydrogen-bond acceptors (Lipinski definition) is 8. The van der Waals surface area contributed by atoms with Crippen LogP contribution in [0.5, 0.6) is 0 Å². The number of alkyl halides is 3. The summed E-state index contributed by atoms with van der Waals surface area (Å²) < 4.78 is 51.5. The van der Waals surface area contributed by atoms with Gasteiger partial charge in [0.05, 0.1) is 32.0 Å². The van der Waals surface area contributed by atoms with Crippen LogP contribution in [-0.2, 0) is 14.2 Å². The van der Waals surface area contributed by atoms with Crippen LogP contribution in [0.2, 0.25) is 0 Å². The maximum atomic E-state index is 12.0. The lowest BCUT2D eigenvalue weighted by atomic mass is 10.1. The van der Waals surface area contributed by atoms with Crippen molar-refractivity contribution in [1.29, 1.82) is 0 Å². The topological polar surface area (TPSA) is 158 Å². The number of nitrogen functional groups attached to an aromatic ring is 1. The monoisotopic (exact) mass is 380 g/mol. The Hall–Kier alpha value is -2.38. The number of anilines is 1. The molecule has 0 spiro atoms. The maximum Gasteiger partial charge on any atom is 0.522 e. The molecule has 1 fully saturated rings. The highest BCUT2D eigenvalue weighted by atomic mass is 19.4. The highest BCUT2D eigenvalue weighted by Gasteiger charge is 2.46. The van der Waals surface area contributed by atoms with Gasteiger partial charge in [-0.15, -0.1) is 13.2 Å². The van der Waals surface area contributed by atoms with Crippen molar-refractivity contribution in [3.05, 3.63) is 33.2 Å². The van der Waals surface area contributed by atoms with Crippen LogP contribution in [0.4, 0.5) is 19.0 Å². The molecule has 0 aromatic carbocycles. The molecule has 0 bridgehead atoms. The molecule has 1 saturated heterocycles. The highest BCUT2D eigenvalue weighted by molar-refractivity contribution is 5.23. The molecule has 26 heavy (non-hydrogen) atoms. The van der Waals surface area contributed by atoms with E-state index in [-0.39, 0.29) is 5.82 Å². The number of aliphatic hydroxyl groups is 1. The van der Waals surface area contributed by atoms with E-state index < -0.39 is 56.4 Å². The van der Waals surface area contributed by atoms with Gasteiger partial charge >= 0.3 is 12.1 Å². The number of azide groups is 1. The number of rotatable bonds is 7.